The van der Waals surface area contributed by atoms with Crippen LogP contribution in [0.25, 0.3) is 11.1 Å². The molecule has 37 heavy (non-hydrogen) atoms. The van der Waals surface area contributed by atoms with E-state index in [0.29, 0.717) is 34.0 Å². The van der Waals surface area contributed by atoms with Gasteiger partial charge >= 0.3 is 11.9 Å². The van der Waals surface area contributed by atoms with E-state index in [4.69, 9.17) is 23.7 Å². The number of hydrogen-bond acceptors (Lipinski definition) is 8. The van der Waals surface area contributed by atoms with Gasteiger partial charge in [0, 0.05) is 11.1 Å². The molecule has 0 saturated heterocycles. The van der Waals surface area contributed by atoms with Crippen molar-refractivity contribution >= 4 is 11.9 Å². The van der Waals surface area contributed by atoms with Gasteiger partial charge in [0.1, 0.15) is 25.6 Å². The van der Waals surface area contributed by atoms with Crippen LogP contribution < -0.4 is 14.2 Å². The zero-order valence-electron chi connectivity index (χ0n) is 21.8. The minimum atomic E-state index is -1.06. The molecule has 0 aliphatic rings. The Bertz CT molecular complexity index is 1160. The van der Waals surface area contributed by atoms with E-state index in [0.717, 1.165) is 16.7 Å². The first-order chi connectivity index (χ1) is 17.5. The molecule has 0 aromatic heterocycles. The third-order valence-electron chi connectivity index (χ3n) is 4.96. The van der Waals surface area contributed by atoms with Gasteiger partial charge in [-0.05, 0) is 74.2 Å². The number of carbonyl (C=O) groups excluding carboxylic acids is 2. The van der Waals surface area contributed by atoms with Gasteiger partial charge in [-0.2, -0.15) is 0 Å². The maximum atomic E-state index is 11.9. The van der Waals surface area contributed by atoms with Crippen LogP contribution in [0.1, 0.15) is 26.3 Å². The van der Waals surface area contributed by atoms with Gasteiger partial charge in [0.05, 0.1) is 6.61 Å². The second-order valence-electron chi connectivity index (χ2n) is 8.49. The molecule has 0 amide bonds. The summed E-state index contributed by atoms with van der Waals surface area (Å²) in [5, 5.41) is 9.70. The normalized spacial score (nSPS) is 11.3. The van der Waals surface area contributed by atoms with Crippen LogP contribution in [-0.4, -0.2) is 49.8 Å². The van der Waals surface area contributed by atoms with Gasteiger partial charge < -0.3 is 28.8 Å². The van der Waals surface area contributed by atoms with Crippen LogP contribution in [0.15, 0.2) is 72.9 Å². The van der Waals surface area contributed by atoms with E-state index in [-0.39, 0.29) is 26.4 Å². The van der Waals surface area contributed by atoms with Crippen molar-refractivity contribution in [3.8, 4) is 28.4 Å². The number of hydrogen-bond donors (Lipinski definition) is 1. The van der Waals surface area contributed by atoms with E-state index < -0.39 is 18.2 Å². The Hall–Kier alpha value is -3.88. The standard InChI is InChI=1S/C29H34O8/c1-18(2)27(30)35-14-12-33-25-11-9-23(17-26(25)34-13-15-36-28(31)19(3)4)22-8-10-24(21(7)16-22)37-29(32)20(5)6/h8-11,16-17,27,30H,1,3,5,12-15H2,2,4,6-7H3. The molecule has 8 nitrogen and oxygen atoms in total. The fraction of sp³-hybridized carbons (Fsp3) is 0.310. The maximum absolute atomic E-state index is 11.9. The second kappa shape index (κ2) is 14.0. The third-order valence-corrected chi connectivity index (χ3v) is 4.96. The zero-order valence-corrected chi connectivity index (χ0v) is 21.8. The summed E-state index contributed by atoms with van der Waals surface area (Å²) >= 11 is 0. The summed E-state index contributed by atoms with van der Waals surface area (Å²) in [6, 6.07) is 10.9. The predicted molar refractivity (Wildman–Crippen MR) is 141 cm³/mol. The summed E-state index contributed by atoms with van der Waals surface area (Å²) in [7, 11) is 0. The highest BCUT2D eigenvalue weighted by Gasteiger charge is 2.13. The number of carbonyl (C=O) groups is 2. The van der Waals surface area contributed by atoms with E-state index in [1.54, 1.807) is 39.0 Å². The van der Waals surface area contributed by atoms with Crippen molar-refractivity contribution < 1.29 is 38.4 Å². The first-order valence-corrected chi connectivity index (χ1v) is 11.7. The summed E-state index contributed by atoms with van der Waals surface area (Å²) in [5.41, 5.74) is 3.58. The molecule has 0 spiro atoms. The van der Waals surface area contributed by atoms with Gasteiger partial charge in [-0.15, -0.1) is 0 Å². The zero-order chi connectivity index (χ0) is 27.5. The van der Waals surface area contributed by atoms with E-state index >= 15 is 0 Å². The molecule has 0 aliphatic carbocycles. The van der Waals surface area contributed by atoms with Gasteiger partial charge in [-0.3, -0.25) is 0 Å². The molecular weight excluding hydrogens is 476 g/mol. The summed E-state index contributed by atoms with van der Waals surface area (Å²) in [5.74, 6) is 0.349. The van der Waals surface area contributed by atoms with E-state index in [1.165, 1.54) is 0 Å². The number of rotatable bonds is 14. The van der Waals surface area contributed by atoms with Crippen LogP contribution in [0.2, 0.25) is 0 Å². The van der Waals surface area contributed by atoms with Gasteiger partial charge in [-0.25, -0.2) is 9.59 Å². The van der Waals surface area contributed by atoms with E-state index in [9.17, 15) is 14.7 Å². The molecule has 2 aromatic carbocycles. The number of benzene rings is 2. The molecule has 0 saturated carbocycles. The van der Waals surface area contributed by atoms with Crippen LogP contribution in [0.3, 0.4) is 0 Å². The Balaban J connectivity index is 2.19. The lowest BCUT2D eigenvalue weighted by molar-refractivity contribution is -0.139. The summed E-state index contributed by atoms with van der Waals surface area (Å²) in [6.45, 7) is 17.9. The molecule has 2 aromatic rings. The Morgan fingerprint density at radius 1 is 0.784 bits per heavy atom. The maximum Gasteiger partial charge on any atom is 0.338 e. The lowest BCUT2D eigenvalue weighted by Gasteiger charge is -2.16. The van der Waals surface area contributed by atoms with Crippen molar-refractivity contribution in [3.05, 3.63) is 78.4 Å². The fourth-order valence-corrected chi connectivity index (χ4v) is 2.91. The molecule has 1 unspecified atom stereocenters. The van der Waals surface area contributed by atoms with E-state index in [1.807, 2.05) is 25.1 Å². The van der Waals surface area contributed by atoms with Crippen LogP contribution in [0.4, 0.5) is 0 Å². The Morgan fingerprint density at radius 3 is 1.95 bits per heavy atom. The largest absolute Gasteiger partial charge is 0.487 e. The molecule has 0 heterocycles. The Kier molecular flexibility index (Phi) is 11.1. The molecule has 0 radical (unpaired) electrons. The summed E-state index contributed by atoms with van der Waals surface area (Å²) < 4.78 is 27.4. The van der Waals surface area contributed by atoms with Gasteiger partial charge in [0.25, 0.3) is 0 Å². The third kappa shape index (κ3) is 9.25. The number of esters is 2. The van der Waals surface area contributed by atoms with Crippen LogP contribution in [-0.2, 0) is 19.1 Å². The van der Waals surface area contributed by atoms with Crippen molar-refractivity contribution in [2.45, 2.75) is 34.0 Å². The lowest BCUT2D eigenvalue weighted by Crippen LogP contribution is -2.17. The lowest BCUT2D eigenvalue weighted by atomic mass is 10.0. The molecular formula is C29H34O8. The molecule has 0 bridgehead atoms. The number of ether oxygens (including phenoxy) is 5. The summed E-state index contributed by atoms with van der Waals surface area (Å²) in [4.78, 5) is 23.5. The molecule has 0 fully saturated rings. The Morgan fingerprint density at radius 2 is 1.35 bits per heavy atom. The van der Waals surface area contributed by atoms with Crippen molar-refractivity contribution in [1.82, 2.24) is 0 Å². The minimum absolute atomic E-state index is 0.0329. The molecule has 0 aliphatic heterocycles. The average Bonchev–Trinajstić information content (AvgIpc) is 2.85. The van der Waals surface area contributed by atoms with Crippen molar-refractivity contribution in [2.75, 3.05) is 26.4 Å². The minimum Gasteiger partial charge on any atom is -0.487 e. The van der Waals surface area contributed by atoms with Gasteiger partial charge in [0.15, 0.2) is 17.8 Å². The first kappa shape index (κ1) is 29.4. The van der Waals surface area contributed by atoms with Crippen molar-refractivity contribution in [2.24, 2.45) is 0 Å². The molecule has 2 rings (SSSR count). The van der Waals surface area contributed by atoms with Crippen molar-refractivity contribution in [3.63, 3.8) is 0 Å². The first-order valence-electron chi connectivity index (χ1n) is 11.7. The SMILES string of the molecule is C=C(C)C(=O)OCCOc1cc(-c2ccc(OC(=O)C(=C)C)c(C)c2)ccc1OCCOC(O)C(=C)C. The smallest absolute Gasteiger partial charge is 0.338 e. The van der Waals surface area contributed by atoms with Gasteiger partial charge in [-0.1, -0.05) is 31.9 Å². The highest BCUT2D eigenvalue weighted by molar-refractivity contribution is 5.89. The average molecular weight is 511 g/mol. The highest BCUT2D eigenvalue weighted by Crippen LogP contribution is 2.34. The fourth-order valence-electron chi connectivity index (χ4n) is 2.91. The molecule has 1 N–H and O–H groups in total. The van der Waals surface area contributed by atoms with Crippen LogP contribution in [0.5, 0.6) is 17.2 Å². The quantitative estimate of drug-likeness (QED) is 0.0954. The second-order valence-corrected chi connectivity index (χ2v) is 8.49. The van der Waals surface area contributed by atoms with Crippen LogP contribution >= 0.6 is 0 Å². The monoisotopic (exact) mass is 510 g/mol. The topological polar surface area (TPSA) is 101 Å². The molecule has 1 atom stereocenters. The number of aliphatic hydroxyl groups is 1. The predicted octanol–water partition coefficient (Wildman–Crippen LogP) is 4.93. The van der Waals surface area contributed by atoms with Gasteiger partial charge in [0.2, 0.25) is 0 Å². The molecule has 198 valence electrons. The Labute approximate surface area is 217 Å². The van der Waals surface area contributed by atoms with E-state index in [2.05, 4.69) is 19.7 Å². The summed E-state index contributed by atoms with van der Waals surface area (Å²) in [6.07, 6.45) is -1.06. The number of aryl methyl sites for hydroxylation is 1. The van der Waals surface area contributed by atoms with Crippen LogP contribution in [0, 0.1) is 6.92 Å². The number of aliphatic hydroxyl groups excluding tert-OH is 1. The van der Waals surface area contributed by atoms with Crippen molar-refractivity contribution in [1.29, 1.82) is 0 Å². The molecule has 8 heteroatoms. The highest BCUT2D eigenvalue weighted by atomic mass is 16.6.